The Balaban J connectivity index is 1.74. The lowest BCUT2D eigenvalue weighted by molar-refractivity contribution is 1.29. The van der Waals surface area contributed by atoms with Crippen molar-refractivity contribution in [3.63, 3.8) is 0 Å². The molecule has 0 unspecified atom stereocenters. The van der Waals surface area contributed by atoms with Crippen LogP contribution in [0, 0.1) is 13.8 Å². The number of aryl methyl sites for hydroxylation is 2. The third kappa shape index (κ3) is 3.45. The van der Waals surface area contributed by atoms with Gasteiger partial charge in [0.05, 0.1) is 10.9 Å². The van der Waals surface area contributed by atoms with Gasteiger partial charge >= 0.3 is 0 Å². The summed E-state index contributed by atoms with van der Waals surface area (Å²) in [6.07, 6.45) is 0. The standard InChI is InChI=1S/C27H21OS2/c1-18-7-11-20(12-8-18)30(21-13-9-19(2)10-14-21)22-15-16-26-24(17-22)27(28)23-5-3-4-6-25(23)29-26/h3-17H,1-2H3/q+1. The summed E-state index contributed by atoms with van der Waals surface area (Å²) < 4.78 is 2.08. The third-order valence-electron chi connectivity index (χ3n) is 5.30. The molecule has 0 aliphatic carbocycles. The smallest absolute Gasteiger partial charge is 0.196 e. The molecule has 0 saturated carbocycles. The first-order chi connectivity index (χ1) is 14.6. The molecule has 0 atom stereocenters. The van der Waals surface area contributed by atoms with E-state index in [0.717, 1.165) is 20.2 Å². The molecule has 0 radical (unpaired) electrons. The normalized spacial score (nSPS) is 11.4. The quantitative estimate of drug-likeness (QED) is 0.222. The molecule has 5 aromatic rings. The molecule has 30 heavy (non-hydrogen) atoms. The highest BCUT2D eigenvalue weighted by molar-refractivity contribution is 7.97. The summed E-state index contributed by atoms with van der Waals surface area (Å²) >= 11 is 1.68. The summed E-state index contributed by atoms with van der Waals surface area (Å²) in [6, 6.07) is 31.8. The van der Waals surface area contributed by atoms with Gasteiger partial charge in [-0.3, -0.25) is 4.79 Å². The highest BCUT2D eigenvalue weighted by Gasteiger charge is 2.29. The second kappa shape index (κ2) is 7.75. The molecule has 3 heteroatoms. The van der Waals surface area contributed by atoms with Crippen LogP contribution in [0.2, 0.25) is 0 Å². The van der Waals surface area contributed by atoms with Gasteiger partial charge in [0.25, 0.3) is 0 Å². The summed E-state index contributed by atoms with van der Waals surface area (Å²) in [5.41, 5.74) is 2.62. The molecule has 0 bridgehead atoms. The maximum absolute atomic E-state index is 13.2. The first-order valence-corrected chi connectivity index (χ1v) is 12.0. The highest BCUT2D eigenvalue weighted by Crippen LogP contribution is 2.34. The molecule has 1 heterocycles. The van der Waals surface area contributed by atoms with Gasteiger partial charge in [0.2, 0.25) is 0 Å². The van der Waals surface area contributed by atoms with Gasteiger partial charge < -0.3 is 0 Å². The van der Waals surface area contributed by atoms with E-state index in [2.05, 4.69) is 80.6 Å². The molecule has 0 aliphatic rings. The zero-order valence-corrected chi connectivity index (χ0v) is 18.5. The van der Waals surface area contributed by atoms with Crippen LogP contribution in [0.25, 0.3) is 20.2 Å². The van der Waals surface area contributed by atoms with Crippen LogP contribution in [0.4, 0.5) is 0 Å². The number of benzene rings is 4. The Morgan fingerprint density at radius 2 is 1.13 bits per heavy atom. The number of fused-ring (bicyclic) bond motifs is 2. The topological polar surface area (TPSA) is 17.1 Å². The van der Waals surface area contributed by atoms with Crippen LogP contribution in [-0.4, -0.2) is 0 Å². The fourth-order valence-electron chi connectivity index (χ4n) is 3.67. The van der Waals surface area contributed by atoms with Crippen LogP contribution < -0.4 is 5.43 Å². The van der Waals surface area contributed by atoms with E-state index in [4.69, 9.17) is 0 Å². The summed E-state index contributed by atoms with van der Waals surface area (Å²) in [5.74, 6) is 0. The maximum atomic E-state index is 13.2. The Morgan fingerprint density at radius 1 is 0.600 bits per heavy atom. The molecule has 146 valence electrons. The lowest BCUT2D eigenvalue weighted by Crippen LogP contribution is -2.07. The molecule has 0 fully saturated rings. The highest BCUT2D eigenvalue weighted by atomic mass is 32.2. The van der Waals surface area contributed by atoms with E-state index < -0.39 is 0 Å². The molecule has 0 N–H and O–H groups in total. The van der Waals surface area contributed by atoms with Crippen molar-refractivity contribution in [1.29, 1.82) is 0 Å². The van der Waals surface area contributed by atoms with Crippen molar-refractivity contribution in [3.05, 3.63) is 112 Å². The van der Waals surface area contributed by atoms with Crippen LogP contribution in [0.5, 0.6) is 0 Å². The predicted octanol–water partition coefficient (Wildman–Crippen LogP) is 7.13. The van der Waals surface area contributed by atoms with Crippen LogP contribution in [0.15, 0.2) is 110 Å². The third-order valence-corrected chi connectivity index (χ3v) is 8.66. The van der Waals surface area contributed by atoms with Crippen LogP contribution in [-0.2, 0) is 10.9 Å². The number of hydrogen-bond donors (Lipinski definition) is 0. The first kappa shape index (κ1) is 19.1. The van der Waals surface area contributed by atoms with Crippen molar-refractivity contribution in [2.45, 2.75) is 28.5 Å². The monoisotopic (exact) mass is 425 g/mol. The van der Waals surface area contributed by atoms with E-state index in [9.17, 15) is 4.79 Å². The molecule has 0 amide bonds. The minimum atomic E-state index is -0.263. The lowest BCUT2D eigenvalue weighted by atomic mass is 10.2. The van der Waals surface area contributed by atoms with E-state index >= 15 is 0 Å². The van der Waals surface area contributed by atoms with Crippen molar-refractivity contribution in [3.8, 4) is 0 Å². The number of hydrogen-bond acceptors (Lipinski definition) is 2. The van der Waals surface area contributed by atoms with Crippen molar-refractivity contribution < 1.29 is 0 Å². The van der Waals surface area contributed by atoms with Gasteiger partial charge in [0.15, 0.2) is 20.1 Å². The lowest BCUT2D eigenvalue weighted by Gasteiger charge is -2.10. The second-order valence-corrected chi connectivity index (χ2v) is 10.6. The van der Waals surface area contributed by atoms with Crippen LogP contribution >= 0.6 is 11.3 Å². The summed E-state index contributed by atoms with van der Waals surface area (Å²) in [5, 5.41) is 1.62. The Morgan fingerprint density at radius 3 is 1.77 bits per heavy atom. The zero-order chi connectivity index (χ0) is 20.7. The largest absolute Gasteiger partial charge is 0.288 e. The van der Waals surface area contributed by atoms with Crippen molar-refractivity contribution in [1.82, 2.24) is 0 Å². The molecular formula is C27H21OS2+. The Bertz CT molecular complexity index is 1370. The Hall–Kier alpha value is -2.88. The van der Waals surface area contributed by atoms with Gasteiger partial charge in [-0.25, -0.2) is 0 Å². The van der Waals surface area contributed by atoms with Gasteiger partial charge in [-0.2, -0.15) is 0 Å². The molecule has 4 aromatic carbocycles. The number of rotatable bonds is 3. The second-order valence-electron chi connectivity index (χ2n) is 7.52. The summed E-state index contributed by atoms with van der Waals surface area (Å²) in [7, 11) is -0.263. The summed E-state index contributed by atoms with van der Waals surface area (Å²) in [6.45, 7) is 4.22. The van der Waals surface area contributed by atoms with E-state index in [1.807, 2.05) is 24.3 Å². The molecule has 1 aromatic heterocycles. The Labute approximate surface area is 183 Å². The van der Waals surface area contributed by atoms with Crippen LogP contribution in [0.3, 0.4) is 0 Å². The SMILES string of the molecule is Cc1ccc([S+](c2ccc(C)cc2)c2ccc3sc4ccccc4c(=O)c3c2)cc1. The van der Waals surface area contributed by atoms with Gasteiger partial charge in [0.1, 0.15) is 0 Å². The zero-order valence-electron chi connectivity index (χ0n) is 16.9. The minimum absolute atomic E-state index is 0.123. The fourth-order valence-corrected chi connectivity index (χ4v) is 6.79. The predicted molar refractivity (Wildman–Crippen MR) is 130 cm³/mol. The van der Waals surface area contributed by atoms with Crippen molar-refractivity contribution >= 4 is 42.4 Å². The van der Waals surface area contributed by atoms with E-state index in [0.29, 0.717) is 0 Å². The molecule has 1 nitrogen and oxygen atoms in total. The maximum Gasteiger partial charge on any atom is 0.196 e. The van der Waals surface area contributed by atoms with E-state index in [1.165, 1.54) is 25.8 Å². The van der Waals surface area contributed by atoms with Crippen molar-refractivity contribution in [2.24, 2.45) is 0 Å². The van der Waals surface area contributed by atoms with Gasteiger partial charge in [-0.15, -0.1) is 11.3 Å². The summed E-state index contributed by atoms with van der Waals surface area (Å²) in [4.78, 5) is 16.9. The van der Waals surface area contributed by atoms with Crippen LogP contribution in [0.1, 0.15) is 11.1 Å². The fraction of sp³-hybridized carbons (Fsp3) is 0.0741. The minimum Gasteiger partial charge on any atom is -0.288 e. The average molecular weight is 426 g/mol. The molecular weight excluding hydrogens is 404 g/mol. The van der Waals surface area contributed by atoms with E-state index in [-0.39, 0.29) is 16.3 Å². The molecule has 0 saturated heterocycles. The van der Waals surface area contributed by atoms with Gasteiger partial charge in [-0.1, -0.05) is 47.5 Å². The average Bonchev–Trinajstić information content (AvgIpc) is 2.77. The van der Waals surface area contributed by atoms with Crippen molar-refractivity contribution in [2.75, 3.05) is 0 Å². The molecule has 0 spiro atoms. The van der Waals surface area contributed by atoms with E-state index in [1.54, 1.807) is 11.3 Å². The van der Waals surface area contributed by atoms with Gasteiger partial charge in [-0.05, 0) is 62.4 Å². The molecule has 0 aliphatic heterocycles. The first-order valence-electron chi connectivity index (χ1n) is 9.93. The Kier molecular flexibility index (Phi) is 4.93. The molecule has 5 rings (SSSR count). The van der Waals surface area contributed by atoms with Gasteiger partial charge in [0, 0.05) is 26.2 Å².